The first-order chi connectivity index (χ1) is 57.6. The van der Waals surface area contributed by atoms with Gasteiger partial charge in [-0.3, -0.25) is 19.4 Å². The van der Waals surface area contributed by atoms with Crippen molar-refractivity contribution in [1.82, 2.24) is 4.90 Å². The molecule has 676 valence electrons. The summed E-state index contributed by atoms with van der Waals surface area (Å²) in [5.74, 6) is -2.03. The van der Waals surface area contributed by atoms with Crippen molar-refractivity contribution in [3.8, 4) is 24.7 Å². The molecule has 4 aromatic carbocycles. The number of carbonyl (C=O) groups is 5. The maximum atomic E-state index is 12.2. The van der Waals surface area contributed by atoms with Gasteiger partial charge in [0, 0.05) is 42.3 Å². The third kappa shape index (κ3) is 23.7. The van der Waals surface area contributed by atoms with Crippen molar-refractivity contribution < 1.29 is 184 Å². The largest absolute Gasteiger partial charge is 1.00 e. The average Bonchev–Trinajstić information content (AvgIpc) is 1.42. The molecule has 2 amide bonds. The summed E-state index contributed by atoms with van der Waals surface area (Å²) in [6, 6.07) is 17.9. The number of aliphatic hydroxyl groups excluding tert-OH is 8. The molecule has 10 unspecified atom stereocenters. The van der Waals surface area contributed by atoms with Gasteiger partial charge in [-0.2, -0.15) is 0 Å². The van der Waals surface area contributed by atoms with Crippen LogP contribution in [-0.2, 0) is 94.8 Å². The summed E-state index contributed by atoms with van der Waals surface area (Å²) in [6.07, 6.45) is -6.90. The van der Waals surface area contributed by atoms with E-state index in [1.807, 2.05) is 114 Å². The summed E-state index contributed by atoms with van der Waals surface area (Å²) in [4.78, 5) is 63.7. The predicted octanol–water partition coefficient (Wildman–Crippen LogP) is 2.89. The number of halogens is 2. The number of benzene rings is 4. The van der Waals surface area contributed by atoms with Gasteiger partial charge in [0.2, 0.25) is 0 Å². The van der Waals surface area contributed by atoms with Gasteiger partial charge in [-0.15, -0.1) is 12.8 Å². The van der Waals surface area contributed by atoms with Crippen LogP contribution in [0, 0.1) is 24.7 Å². The van der Waals surface area contributed by atoms with Crippen LogP contribution < -0.4 is 35.3 Å². The van der Waals surface area contributed by atoms with Gasteiger partial charge >= 0.3 is 47.5 Å². The fraction of sp³-hybridized carbons (Fsp3) is 0.642. The maximum Gasteiger partial charge on any atom is 1.00 e. The van der Waals surface area contributed by atoms with Crippen molar-refractivity contribution in [1.29, 1.82) is 0 Å². The van der Waals surface area contributed by atoms with E-state index in [1.165, 1.54) is 9.81 Å². The number of imide groups is 1. The number of amides is 2. The molecule has 40 nitrogen and oxygen atoms in total. The Balaban J connectivity index is 0.000000178. The normalized spacial score (nSPS) is 34.1. The van der Waals surface area contributed by atoms with Crippen LogP contribution in [0.15, 0.2) is 74.7 Å². The first-order valence-corrected chi connectivity index (χ1v) is 40.8. The topological polar surface area (TPSA) is 559 Å². The third-order valence-electron chi connectivity index (χ3n) is 20.1. The number of fused-ring (bicyclic) bond motifs is 9. The van der Waals surface area contributed by atoms with E-state index in [2.05, 4.69) is 63.2 Å². The fourth-order valence-electron chi connectivity index (χ4n) is 15.2. The molecule has 13 aliphatic rings. The number of nitrogens with two attached hydrogens (primary N) is 1. The quantitative estimate of drug-likeness (QED) is 0.0179. The number of nitrogens with zero attached hydrogens (tertiary/aromatic N) is 7. The molecule has 0 radical (unpaired) electrons. The molecule has 13 heterocycles. The monoisotopic (exact) mass is 1880 g/mol. The second kappa shape index (κ2) is 42.6. The van der Waals surface area contributed by atoms with Gasteiger partial charge < -0.3 is 148 Å². The van der Waals surface area contributed by atoms with Crippen molar-refractivity contribution in [2.24, 2.45) is 10.8 Å². The summed E-state index contributed by atoms with van der Waals surface area (Å²) < 4.78 is 108. The average molecular weight is 1890 g/mol. The van der Waals surface area contributed by atoms with Crippen molar-refractivity contribution in [2.75, 3.05) is 32.8 Å². The molecule has 0 aliphatic carbocycles. The van der Waals surface area contributed by atoms with E-state index in [0.717, 1.165) is 31.6 Å². The van der Waals surface area contributed by atoms with Crippen LogP contribution >= 0.6 is 31.9 Å². The van der Waals surface area contributed by atoms with E-state index < -0.39 is 152 Å². The first kappa shape index (κ1) is 103. The minimum absolute atomic E-state index is 0. The predicted molar refractivity (Wildman–Crippen MR) is 433 cm³/mol. The number of rotatable bonds is 8. The zero-order valence-corrected chi connectivity index (χ0v) is 76.4. The van der Waals surface area contributed by atoms with Gasteiger partial charge in [-0.25, -0.2) is 14.4 Å². The maximum absolute atomic E-state index is 12.2. The molecule has 11 fully saturated rings. The van der Waals surface area contributed by atoms with E-state index in [-0.39, 0.29) is 116 Å². The van der Waals surface area contributed by atoms with E-state index in [4.69, 9.17) is 136 Å². The van der Waals surface area contributed by atoms with E-state index in [0.29, 0.717) is 34.2 Å². The Kier molecular flexibility index (Phi) is 35.4. The molecule has 17 rings (SSSR count). The molecule has 4 aromatic rings. The summed E-state index contributed by atoms with van der Waals surface area (Å²) in [7, 11) is 0. The van der Waals surface area contributed by atoms with Crippen LogP contribution in [0.4, 0.5) is 0 Å². The Morgan fingerprint density at radius 1 is 0.532 bits per heavy atom. The van der Waals surface area contributed by atoms with Gasteiger partial charge in [0.05, 0.1) is 43.1 Å². The van der Waals surface area contributed by atoms with Crippen molar-refractivity contribution in [2.45, 2.75) is 299 Å². The number of ether oxygens (including phenoxy) is 19. The molecule has 0 saturated carbocycles. The minimum Gasteiger partial charge on any atom is -0.455 e. The number of carbonyl (C=O) groups excluding carboxylic acids is 5. The number of azide groups is 1. The summed E-state index contributed by atoms with van der Waals surface area (Å²) in [6.45, 7) is 29.9. The number of hydrogen-bond acceptors (Lipinski definition) is 34. The molecule has 10 N–H and O–H groups in total. The standard InChI is InChI=1S/C14H10BrNO2.C13H18O5.C12H5BrO3.C12H19N3O5.C12H20O6.C10H16O5.C6H10O6.C2H7N.N3.Na/c1-2-16-13(17)9-5-3-4-8-11(15)7-6-10(12(8)9)14(16)18;1-6-7-8-9(16-12(2,3)15-8)10-11(14-7)18-13(4,5)17-10;13-9-5-4-8-10-6(9)2-1-3-7(10)11(14)16-12(8)15;1-11(2)17-7-6(5-14-15-13)16-10-9(8(7)18-11)19-12(3,4)20-10;1-11(2)15-7-6(5-13)14-10-9(8(7)16-11)17-12(3,4)18-10;1-4-6-7(11)8(12)9(13)10(15-6)14-5(2)3;7-1-2(8)5-3(9)4(10)6(11)12-5;1-2-3;1-3-2;/h3-7H,2H2,1H3;1,7-11H,2-5H3;1-5H;6-10H,5H2,1-4H3;6-10,13H,5H2,1-4H3;1,5-13H,2-3H3;2-5,7-10H,1H2;2-3H2,1H3;;/q;;;;;;;;-1;+1/t;7?,8-,9+,10?,11+;;2*6?,7-,8+,9?,10+;6?,7-,8+,9?,10-;2?,3-,4?,5-;;;/m.1.1111.../s1. The van der Waals surface area contributed by atoms with Crippen LogP contribution in [0.1, 0.15) is 152 Å². The summed E-state index contributed by atoms with van der Waals surface area (Å²) in [5.41, 5.74) is 28.9. The molecule has 24 atom stereocenters. The summed E-state index contributed by atoms with van der Waals surface area (Å²) in [5, 5.41) is 79.9. The Morgan fingerprint density at radius 3 is 1.35 bits per heavy atom. The molecule has 0 aromatic heterocycles. The Bertz CT molecular complexity index is 4580. The van der Waals surface area contributed by atoms with Gasteiger partial charge in [0.25, 0.3) is 11.8 Å². The van der Waals surface area contributed by atoms with Crippen LogP contribution in [0.3, 0.4) is 0 Å². The minimum atomic E-state index is -1.63. The molecule has 13 aliphatic heterocycles. The van der Waals surface area contributed by atoms with Gasteiger partial charge in [-0.1, -0.05) is 80.0 Å². The van der Waals surface area contributed by atoms with E-state index in [9.17, 15) is 44.4 Å². The van der Waals surface area contributed by atoms with Crippen LogP contribution in [0.25, 0.3) is 48.0 Å². The summed E-state index contributed by atoms with van der Waals surface area (Å²) >= 11 is 6.85. The van der Waals surface area contributed by atoms with Crippen molar-refractivity contribution >= 4 is 83.1 Å². The second-order valence-electron chi connectivity index (χ2n) is 32.3. The zero-order chi connectivity index (χ0) is 91.2. The molecule has 124 heavy (non-hydrogen) atoms. The number of esters is 3. The van der Waals surface area contributed by atoms with Gasteiger partial charge in [-0.05, 0) is 163 Å². The van der Waals surface area contributed by atoms with Crippen LogP contribution in [-0.4, -0.2) is 296 Å². The fourth-order valence-corrected chi connectivity index (χ4v) is 16.1. The Labute approximate surface area is 753 Å². The number of terminal acetylenes is 2. The van der Waals surface area contributed by atoms with Crippen molar-refractivity contribution in [3.63, 3.8) is 0 Å². The molecular weight excluding hydrogens is 1780 g/mol. The van der Waals surface area contributed by atoms with E-state index in [1.54, 1.807) is 57.2 Å². The van der Waals surface area contributed by atoms with Crippen LogP contribution in [0.2, 0.25) is 0 Å². The van der Waals surface area contributed by atoms with Crippen molar-refractivity contribution in [3.05, 3.63) is 118 Å². The molecular formula is C81H105Br2N8NaO32. The number of aliphatic hydroxyl groups is 8. The van der Waals surface area contributed by atoms with Crippen LogP contribution in [0.5, 0.6) is 0 Å². The zero-order valence-electron chi connectivity index (χ0n) is 71.2. The smallest absolute Gasteiger partial charge is 0.455 e. The van der Waals surface area contributed by atoms with E-state index >= 15 is 0 Å². The van der Waals surface area contributed by atoms with Gasteiger partial charge in [0.15, 0.2) is 72.1 Å². The number of cyclic esters (lactones) is 3. The second-order valence-corrected chi connectivity index (χ2v) is 34.0. The molecule has 0 bridgehead atoms. The number of hydrogen-bond donors (Lipinski definition) is 9. The third-order valence-corrected chi connectivity index (χ3v) is 21.4. The molecule has 43 heteroatoms. The molecule has 11 saturated heterocycles. The first-order valence-electron chi connectivity index (χ1n) is 39.2. The SMILES string of the molecule is C#CC1O[C@@H](OC(C)C)C(O)[C@@H](O)[C@@H]1O.C#CC1O[C@H]2OC(C)(C)OC2[C@H]2OC(C)(C)O[C@H]12.CC1(C)OC2[C@@H](OC(CN=[N+]=[N-])[C@H]3OC(C)(C)O[C@H]23)O1.CC1(C)OC2[C@@H](OC(CO)[C@H]3OC(C)(C)O[C@H]23)O1.CCN.CCN1C(=O)c2cccc3c(Br)ccc(c23)C1=O.O=C1OC(=O)c2ccc(Br)c3cccc1c23.O=C1O[C@H](C(O)CO)[C@H](O)C1O.[N-]=[N+]=[N-].[Na+]. The Morgan fingerprint density at radius 2 is 0.919 bits per heavy atom. The van der Waals surface area contributed by atoms with Gasteiger partial charge in [0.1, 0.15) is 104 Å². The molecule has 0 spiro atoms. The Hall–Kier alpha value is -6.19.